The number of hydrogen-bond acceptors (Lipinski definition) is 3. The summed E-state index contributed by atoms with van der Waals surface area (Å²) in [5.74, 6) is 1.82. The Kier molecular flexibility index (Phi) is 8.94. The molecule has 2 saturated heterocycles. The molecule has 0 saturated carbocycles. The molecule has 0 spiro atoms. The van der Waals surface area contributed by atoms with Crippen LogP contribution in [0.4, 0.5) is 0 Å². The van der Waals surface area contributed by atoms with E-state index in [9.17, 15) is 0 Å². The molecule has 5 nitrogen and oxygen atoms in total. The predicted molar refractivity (Wildman–Crippen MR) is 117 cm³/mol. The third-order valence-electron chi connectivity index (χ3n) is 6.29. The van der Waals surface area contributed by atoms with Crippen LogP contribution in [0, 0.1) is 11.3 Å². The first-order chi connectivity index (χ1) is 11.3. The fraction of sp³-hybridized carbons (Fsp3) is 0.947. The summed E-state index contributed by atoms with van der Waals surface area (Å²) in [4.78, 5) is 9.95. The Labute approximate surface area is 172 Å². The quantitative estimate of drug-likeness (QED) is 0.371. The summed E-state index contributed by atoms with van der Waals surface area (Å²) in [5, 5.41) is 3.50. The van der Waals surface area contributed by atoms with Gasteiger partial charge in [-0.1, -0.05) is 13.8 Å². The molecule has 0 amide bonds. The number of guanidine groups is 1. The second-order valence-corrected chi connectivity index (χ2v) is 8.50. The zero-order valence-electron chi connectivity index (χ0n) is 17.1. The summed E-state index contributed by atoms with van der Waals surface area (Å²) in [6.45, 7) is 18.8. The van der Waals surface area contributed by atoms with Crippen molar-refractivity contribution < 1.29 is 4.74 Å². The van der Waals surface area contributed by atoms with Crippen molar-refractivity contribution in [1.29, 1.82) is 0 Å². The maximum atomic E-state index is 5.18. The van der Waals surface area contributed by atoms with Crippen molar-refractivity contribution in [1.82, 2.24) is 15.1 Å². The molecule has 0 aromatic carbocycles. The van der Waals surface area contributed by atoms with Gasteiger partial charge in [-0.15, -0.1) is 24.0 Å². The van der Waals surface area contributed by atoms with Crippen molar-refractivity contribution in [2.45, 2.75) is 53.0 Å². The van der Waals surface area contributed by atoms with Crippen molar-refractivity contribution in [2.75, 3.05) is 53.0 Å². The molecular weight excluding hydrogens is 427 g/mol. The fourth-order valence-corrected chi connectivity index (χ4v) is 3.62. The lowest BCUT2D eigenvalue weighted by Gasteiger charge is -2.62. The number of likely N-dealkylation sites (tertiary alicyclic amines) is 2. The molecular formula is C19H39IN4O. The Morgan fingerprint density at radius 3 is 2.32 bits per heavy atom. The number of methoxy groups -OCH3 is 1. The van der Waals surface area contributed by atoms with Gasteiger partial charge in [0.2, 0.25) is 0 Å². The van der Waals surface area contributed by atoms with E-state index in [0.29, 0.717) is 5.41 Å². The standard InChI is InChI=1S/C19H38N4O.HI/c1-7-20-17(23-15-18(2,3)19(23,4)5)21-14-16-8-10-22(11-9-16)12-13-24-6;/h16H,7-15H2,1-6H3,(H,20,21);1H. The van der Waals surface area contributed by atoms with Crippen LogP contribution in [0.15, 0.2) is 4.99 Å². The summed E-state index contributed by atoms with van der Waals surface area (Å²) < 4.78 is 5.18. The highest BCUT2D eigenvalue weighted by atomic mass is 127. The van der Waals surface area contributed by atoms with E-state index >= 15 is 0 Å². The largest absolute Gasteiger partial charge is 0.383 e. The van der Waals surface area contributed by atoms with Gasteiger partial charge < -0.3 is 19.9 Å². The second-order valence-electron chi connectivity index (χ2n) is 8.50. The van der Waals surface area contributed by atoms with E-state index in [4.69, 9.17) is 9.73 Å². The molecule has 0 atom stereocenters. The van der Waals surface area contributed by atoms with Crippen molar-refractivity contribution in [3.63, 3.8) is 0 Å². The average molecular weight is 466 g/mol. The molecule has 2 aliphatic heterocycles. The van der Waals surface area contributed by atoms with Gasteiger partial charge in [-0.05, 0) is 52.6 Å². The minimum Gasteiger partial charge on any atom is -0.383 e. The summed E-state index contributed by atoms with van der Waals surface area (Å²) in [7, 11) is 1.78. The van der Waals surface area contributed by atoms with Crippen LogP contribution in [0.25, 0.3) is 0 Å². The summed E-state index contributed by atoms with van der Waals surface area (Å²) >= 11 is 0. The second kappa shape index (κ2) is 9.74. The van der Waals surface area contributed by atoms with Gasteiger partial charge in [0.15, 0.2) is 5.96 Å². The number of halogens is 1. The highest BCUT2D eigenvalue weighted by molar-refractivity contribution is 14.0. The highest BCUT2D eigenvalue weighted by Gasteiger charge is 2.53. The van der Waals surface area contributed by atoms with Gasteiger partial charge in [0.05, 0.1) is 6.61 Å². The Bertz CT molecular complexity index is 431. The summed E-state index contributed by atoms with van der Waals surface area (Å²) in [6.07, 6.45) is 2.50. The summed E-state index contributed by atoms with van der Waals surface area (Å²) in [6, 6.07) is 0. The average Bonchev–Trinajstić information content (AvgIpc) is 2.56. The van der Waals surface area contributed by atoms with Gasteiger partial charge in [-0.3, -0.25) is 4.99 Å². The van der Waals surface area contributed by atoms with Crippen LogP contribution in [0.2, 0.25) is 0 Å². The third-order valence-corrected chi connectivity index (χ3v) is 6.29. The maximum absolute atomic E-state index is 5.18. The highest BCUT2D eigenvalue weighted by Crippen LogP contribution is 2.46. The van der Waals surface area contributed by atoms with Crippen molar-refractivity contribution in [3.8, 4) is 0 Å². The van der Waals surface area contributed by atoms with Crippen molar-refractivity contribution in [2.24, 2.45) is 16.3 Å². The molecule has 2 rings (SSSR count). The van der Waals surface area contributed by atoms with Crippen molar-refractivity contribution in [3.05, 3.63) is 0 Å². The van der Waals surface area contributed by atoms with E-state index < -0.39 is 0 Å². The van der Waals surface area contributed by atoms with Gasteiger partial charge >= 0.3 is 0 Å². The van der Waals surface area contributed by atoms with Crippen LogP contribution in [-0.4, -0.2) is 74.3 Å². The van der Waals surface area contributed by atoms with Crippen molar-refractivity contribution >= 4 is 29.9 Å². The minimum atomic E-state index is 0. The van der Waals surface area contributed by atoms with Gasteiger partial charge in [0.25, 0.3) is 0 Å². The first-order valence-electron chi connectivity index (χ1n) is 9.59. The minimum absolute atomic E-state index is 0. The fourth-order valence-electron chi connectivity index (χ4n) is 3.62. The maximum Gasteiger partial charge on any atom is 0.194 e. The normalized spacial score (nSPS) is 23.8. The molecule has 6 heteroatoms. The lowest BCUT2D eigenvalue weighted by Crippen LogP contribution is -2.72. The number of aliphatic imine (C=N–C) groups is 1. The monoisotopic (exact) mass is 466 g/mol. The zero-order chi connectivity index (χ0) is 17.8. The molecule has 0 aromatic heterocycles. The number of piperidine rings is 1. The number of ether oxygens (including phenoxy) is 1. The predicted octanol–water partition coefficient (Wildman–Crippen LogP) is 3.05. The van der Waals surface area contributed by atoms with E-state index in [2.05, 4.69) is 49.7 Å². The van der Waals surface area contributed by atoms with E-state index in [1.54, 1.807) is 7.11 Å². The van der Waals surface area contributed by atoms with E-state index in [0.717, 1.165) is 44.7 Å². The van der Waals surface area contributed by atoms with Gasteiger partial charge in [0, 0.05) is 44.2 Å². The van der Waals surface area contributed by atoms with Crippen LogP contribution in [0.5, 0.6) is 0 Å². The number of hydrogen-bond donors (Lipinski definition) is 1. The molecule has 148 valence electrons. The molecule has 2 aliphatic rings. The van der Waals surface area contributed by atoms with Crippen LogP contribution < -0.4 is 5.32 Å². The Balaban J connectivity index is 0.00000312. The van der Waals surface area contributed by atoms with E-state index in [-0.39, 0.29) is 29.5 Å². The molecule has 0 unspecified atom stereocenters. The molecule has 2 fully saturated rings. The molecule has 1 N–H and O–H groups in total. The van der Waals surface area contributed by atoms with Crippen LogP contribution >= 0.6 is 24.0 Å². The smallest absolute Gasteiger partial charge is 0.194 e. The molecule has 0 aromatic rings. The number of rotatable bonds is 6. The van der Waals surface area contributed by atoms with Crippen LogP contribution in [0.3, 0.4) is 0 Å². The van der Waals surface area contributed by atoms with E-state index in [1.165, 1.54) is 25.9 Å². The van der Waals surface area contributed by atoms with E-state index in [1.807, 2.05) is 0 Å². The van der Waals surface area contributed by atoms with Crippen LogP contribution in [0.1, 0.15) is 47.5 Å². The van der Waals surface area contributed by atoms with Crippen LogP contribution in [-0.2, 0) is 4.74 Å². The molecule has 25 heavy (non-hydrogen) atoms. The Morgan fingerprint density at radius 1 is 1.20 bits per heavy atom. The third kappa shape index (κ3) is 5.45. The lowest BCUT2D eigenvalue weighted by molar-refractivity contribution is -0.0668. The first kappa shape index (κ1) is 23.0. The molecule has 0 radical (unpaired) electrons. The SMILES string of the molecule is CCNC(=NCC1CCN(CCOC)CC1)N1CC(C)(C)C1(C)C.I. The summed E-state index contributed by atoms with van der Waals surface area (Å²) in [5.41, 5.74) is 0.507. The number of nitrogens with one attached hydrogen (secondary N) is 1. The topological polar surface area (TPSA) is 40.1 Å². The Morgan fingerprint density at radius 2 is 1.84 bits per heavy atom. The van der Waals surface area contributed by atoms with Gasteiger partial charge in [-0.2, -0.15) is 0 Å². The molecule has 2 heterocycles. The lowest BCUT2D eigenvalue weighted by atomic mass is 9.65. The Hall–Kier alpha value is -0.0800. The first-order valence-corrected chi connectivity index (χ1v) is 9.59. The zero-order valence-corrected chi connectivity index (χ0v) is 19.4. The number of nitrogens with zero attached hydrogens (tertiary/aromatic N) is 3. The van der Waals surface area contributed by atoms with Gasteiger partial charge in [0.1, 0.15) is 0 Å². The van der Waals surface area contributed by atoms with Gasteiger partial charge in [-0.25, -0.2) is 0 Å². The molecule has 0 bridgehead atoms. The molecule has 0 aliphatic carbocycles.